The van der Waals surface area contributed by atoms with Gasteiger partial charge in [-0.25, -0.2) is 4.39 Å². The molecule has 0 amide bonds. The van der Waals surface area contributed by atoms with E-state index in [2.05, 4.69) is 12.1 Å². The molecule has 0 heterocycles. The van der Waals surface area contributed by atoms with Crippen LogP contribution >= 0.6 is 11.6 Å². The number of hydrogen-bond acceptors (Lipinski definition) is 1. The molecular weight excluding hydrogens is 261 g/mol. The fourth-order valence-corrected chi connectivity index (χ4v) is 2.42. The zero-order valence-electron chi connectivity index (χ0n) is 10.9. The average molecular weight is 278 g/mol. The van der Waals surface area contributed by atoms with Crippen molar-refractivity contribution >= 4 is 11.6 Å². The third kappa shape index (κ3) is 3.55. The van der Waals surface area contributed by atoms with E-state index in [1.165, 1.54) is 23.3 Å². The molecule has 1 unspecified atom stereocenters. The first kappa shape index (κ1) is 14.0. The number of benzene rings is 2. The Hall–Kier alpha value is -1.38. The monoisotopic (exact) mass is 277 g/mol. The molecule has 0 fully saturated rings. The third-order valence-corrected chi connectivity index (χ3v) is 3.64. The van der Waals surface area contributed by atoms with Crippen molar-refractivity contribution in [2.45, 2.75) is 19.3 Å². The van der Waals surface area contributed by atoms with Crippen molar-refractivity contribution < 1.29 is 4.39 Å². The third-order valence-electron chi connectivity index (χ3n) is 3.27. The van der Waals surface area contributed by atoms with E-state index in [9.17, 15) is 4.39 Å². The van der Waals surface area contributed by atoms with Crippen molar-refractivity contribution in [3.8, 4) is 0 Å². The van der Waals surface area contributed by atoms with Crippen molar-refractivity contribution in [2.75, 3.05) is 6.54 Å². The first-order valence-corrected chi connectivity index (χ1v) is 6.68. The molecule has 2 aromatic rings. The standard InChI is InChI=1S/C16H17ClFN/c1-11-3-2-4-12(7-11)14(10-19)8-13-9-15(18)5-6-16(13)17/h2-7,9,14H,8,10,19H2,1H3. The summed E-state index contributed by atoms with van der Waals surface area (Å²) in [6.45, 7) is 2.56. The lowest BCUT2D eigenvalue weighted by Gasteiger charge is -2.17. The van der Waals surface area contributed by atoms with Crippen LogP contribution < -0.4 is 5.73 Å². The van der Waals surface area contributed by atoms with E-state index in [0.717, 1.165) is 5.56 Å². The molecule has 2 N–H and O–H groups in total. The molecule has 0 radical (unpaired) electrons. The molecule has 0 bridgehead atoms. The molecule has 2 rings (SSSR count). The lowest BCUT2D eigenvalue weighted by Crippen LogP contribution is -2.15. The molecule has 2 aromatic carbocycles. The predicted molar refractivity (Wildman–Crippen MR) is 78.1 cm³/mol. The maximum atomic E-state index is 13.3. The van der Waals surface area contributed by atoms with Gasteiger partial charge in [0.1, 0.15) is 5.82 Å². The summed E-state index contributed by atoms with van der Waals surface area (Å²) in [5.74, 6) is -0.112. The second-order valence-electron chi connectivity index (χ2n) is 4.79. The van der Waals surface area contributed by atoms with Gasteiger partial charge in [0.2, 0.25) is 0 Å². The summed E-state index contributed by atoms with van der Waals surface area (Å²) in [5, 5.41) is 0.590. The molecule has 0 spiro atoms. The number of aryl methyl sites for hydroxylation is 1. The molecule has 1 nitrogen and oxygen atoms in total. The van der Waals surface area contributed by atoms with E-state index in [-0.39, 0.29) is 11.7 Å². The van der Waals surface area contributed by atoms with E-state index >= 15 is 0 Å². The van der Waals surface area contributed by atoms with Gasteiger partial charge >= 0.3 is 0 Å². The van der Waals surface area contributed by atoms with Crippen LogP contribution in [0.5, 0.6) is 0 Å². The summed E-state index contributed by atoms with van der Waals surface area (Å²) in [5.41, 5.74) is 9.02. The Labute approximate surface area is 118 Å². The Balaban J connectivity index is 2.26. The maximum Gasteiger partial charge on any atom is 0.123 e. The second-order valence-corrected chi connectivity index (χ2v) is 5.19. The number of rotatable bonds is 4. The normalized spacial score (nSPS) is 12.4. The van der Waals surface area contributed by atoms with Crippen LogP contribution in [0.15, 0.2) is 42.5 Å². The minimum Gasteiger partial charge on any atom is -0.330 e. The van der Waals surface area contributed by atoms with Crippen molar-refractivity contribution in [1.82, 2.24) is 0 Å². The molecule has 3 heteroatoms. The molecule has 1 atom stereocenters. The van der Waals surface area contributed by atoms with Gasteiger partial charge in [-0.2, -0.15) is 0 Å². The molecule has 100 valence electrons. The van der Waals surface area contributed by atoms with Gasteiger partial charge in [-0.3, -0.25) is 0 Å². The molecule has 0 aromatic heterocycles. The van der Waals surface area contributed by atoms with Crippen molar-refractivity contribution in [3.05, 3.63) is 70.0 Å². The summed E-state index contributed by atoms with van der Waals surface area (Å²) in [6.07, 6.45) is 0.649. The van der Waals surface area contributed by atoms with E-state index in [4.69, 9.17) is 17.3 Å². The SMILES string of the molecule is Cc1cccc(C(CN)Cc2cc(F)ccc2Cl)c1. The Morgan fingerprint density at radius 1 is 1.21 bits per heavy atom. The zero-order chi connectivity index (χ0) is 13.8. The van der Waals surface area contributed by atoms with Crippen LogP contribution in [0, 0.1) is 12.7 Å². The highest BCUT2D eigenvalue weighted by molar-refractivity contribution is 6.31. The fraction of sp³-hybridized carbons (Fsp3) is 0.250. The maximum absolute atomic E-state index is 13.3. The first-order chi connectivity index (χ1) is 9.10. The van der Waals surface area contributed by atoms with E-state index in [0.29, 0.717) is 18.0 Å². The molecule has 0 aliphatic rings. The topological polar surface area (TPSA) is 26.0 Å². The van der Waals surface area contributed by atoms with Crippen LogP contribution in [-0.2, 0) is 6.42 Å². The van der Waals surface area contributed by atoms with Crippen molar-refractivity contribution in [1.29, 1.82) is 0 Å². The minimum absolute atomic E-state index is 0.152. The van der Waals surface area contributed by atoms with E-state index in [1.54, 1.807) is 6.07 Å². The summed E-state index contributed by atoms with van der Waals surface area (Å²) in [4.78, 5) is 0. The Bertz CT molecular complexity index is 568. The summed E-state index contributed by atoms with van der Waals surface area (Å²) < 4.78 is 13.3. The van der Waals surface area contributed by atoms with Gasteiger partial charge in [-0.1, -0.05) is 41.4 Å². The van der Waals surface area contributed by atoms with Crippen LogP contribution in [0.4, 0.5) is 4.39 Å². The average Bonchev–Trinajstić information content (AvgIpc) is 2.39. The molecule has 0 aliphatic carbocycles. The van der Waals surface area contributed by atoms with Crippen molar-refractivity contribution in [3.63, 3.8) is 0 Å². The van der Waals surface area contributed by atoms with Crippen LogP contribution in [-0.4, -0.2) is 6.54 Å². The smallest absolute Gasteiger partial charge is 0.123 e. The highest BCUT2D eigenvalue weighted by atomic mass is 35.5. The molecular formula is C16H17ClFN. The van der Waals surface area contributed by atoms with Gasteiger partial charge < -0.3 is 5.73 Å². The summed E-state index contributed by atoms with van der Waals surface area (Å²) in [7, 11) is 0. The Morgan fingerprint density at radius 2 is 2.00 bits per heavy atom. The van der Waals surface area contributed by atoms with Gasteiger partial charge in [-0.15, -0.1) is 0 Å². The van der Waals surface area contributed by atoms with E-state index < -0.39 is 0 Å². The van der Waals surface area contributed by atoms with Gasteiger partial charge in [0.25, 0.3) is 0 Å². The number of hydrogen-bond donors (Lipinski definition) is 1. The molecule has 0 aliphatic heterocycles. The highest BCUT2D eigenvalue weighted by Gasteiger charge is 2.13. The fourth-order valence-electron chi connectivity index (χ4n) is 2.23. The number of halogens is 2. The molecule has 19 heavy (non-hydrogen) atoms. The largest absolute Gasteiger partial charge is 0.330 e. The lowest BCUT2D eigenvalue weighted by molar-refractivity contribution is 0.621. The van der Waals surface area contributed by atoms with Gasteiger partial charge in [0.15, 0.2) is 0 Å². The van der Waals surface area contributed by atoms with Gasteiger partial charge in [0.05, 0.1) is 0 Å². The van der Waals surface area contributed by atoms with Crippen molar-refractivity contribution in [2.24, 2.45) is 5.73 Å². The van der Waals surface area contributed by atoms with Gasteiger partial charge in [-0.05, 0) is 49.2 Å². The predicted octanol–water partition coefficient (Wildman–Crippen LogP) is 4.07. The Morgan fingerprint density at radius 3 is 2.68 bits per heavy atom. The van der Waals surface area contributed by atoms with Crippen LogP contribution in [0.3, 0.4) is 0 Å². The van der Waals surface area contributed by atoms with E-state index in [1.807, 2.05) is 19.1 Å². The molecule has 0 saturated carbocycles. The van der Waals surface area contributed by atoms with Crippen LogP contribution in [0.25, 0.3) is 0 Å². The summed E-state index contributed by atoms with van der Waals surface area (Å²) >= 11 is 6.11. The van der Waals surface area contributed by atoms with Gasteiger partial charge in [0, 0.05) is 10.9 Å². The number of nitrogens with two attached hydrogens (primary N) is 1. The minimum atomic E-state index is -0.264. The Kier molecular flexibility index (Phi) is 4.56. The van der Waals surface area contributed by atoms with Crippen LogP contribution in [0.2, 0.25) is 5.02 Å². The quantitative estimate of drug-likeness (QED) is 0.896. The summed E-state index contributed by atoms with van der Waals surface area (Å²) in [6, 6.07) is 12.7. The first-order valence-electron chi connectivity index (χ1n) is 6.30. The lowest BCUT2D eigenvalue weighted by atomic mass is 9.91. The zero-order valence-corrected chi connectivity index (χ0v) is 11.6. The molecule has 0 saturated heterocycles. The van der Waals surface area contributed by atoms with Crippen LogP contribution in [0.1, 0.15) is 22.6 Å². The second kappa shape index (κ2) is 6.18. The highest BCUT2D eigenvalue weighted by Crippen LogP contribution is 2.25.